The third-order valence-corrected chi connectivity index (χ3v) is 2.42. The lowest BCUT2D eigenvalue weighted by atomic mass is 10.2. The normalized spacial score (nSPS) is 12.5. The Morgan fingerprint density at radius 3 is 2.67 bits per heavy atom. The summed E-state index contributed by atoms with van der Waals surface area (Å²) >= 11 is 0. The molecule has 1 aromatic rings. The van der Waals surface area contributed by atoms with Gasteiger partial charge in [-0.25, -0.2) is 0 Å². The standard InChI is InChI=1S/C11H18N2O2/c1-5-9(4)13(10(14)6-2)11-12-8(3)7-15-11/h7,9H,5-6H2,1-4H3. The van der Waals surface area contributed by atoms with Crippen molar-refractivity contribution in [3.05, 3.63) is 12.0 Å². The summed E-state index contributed by atoms with van der Waals surface area (Å²) in [5.41, 5.74) is 0.794. The second-order valence-electron chi connectivity index (χ2n) is 3.65. The molecule has 0 aromatic carbocycles. The second-order valence-corrected chi connectivity index (χ2v) is 3.65. The number of aryl methyl sites for hydroxylation is 1. The summed E-state index contributed by atoms with van der Waals surface area (Å²) in [6, 6.07) is 0.532. The van der Waals surface area contributed by atoms with Crippen molar-refractivity contribution in [2.24, 2.45) is 0 Å². The molecule has 0 aliphatic carbocycles. The van der Waals surface area contributed by atoms with Crippen LogP contribution in [0.3, 0.4) is 0 Å². The minimum Gasteiger partial charge on any atom is -0.431 e. The number of rotatable bonds is 4. The van der Waals surface area contributed by atoms with Gasteiger partial charge in [-0.15, -0.1) is 0 Å². The van der Waals surface area contributed by atoms with Crippen molar-refractivity contribution in [2.45, 2.75) is 46.6 Å². The van der Waals surface area contributed by atoms with Gasteiger partial charge in [-0.2, -0.15) is 4.98 Å². The molecule has 0 fully saturated rings. The van der Waals surface area contributed by atoms with Crippen LogP contribution in [0.2, 0.25) is 0 Å². The van der Waals surface area contributed by atoms with Crippen molar-refractivity contribution < 1.29 is 9.21 Å². The van der Waals surface area contributed by atoms with Gasteiger partial charge in [0.1, 0.15) is 6.26 Å². The summed E-state index contributed by atoms with van der Waals surface area (Å²) in [7, 11) is 0. The maximum absolute atomic E-state index is 11.7. The molecule has 0 bridgehead atoms. The first-order valence-corrected chi connectivity index (χ1v) is 5.34. The maximum Gasteiger partial charge on any atom is 0.304 e. The van der Waals surface area contributed by atoms with E-state index in [-0.39, 0.29) is 11.9 Å². The molecule has 0 saturated carbocycles. The Morgan fingerprint density at radius 1 is 1.60 bits per heavy atom. The summed E-state index contributed by atoms with van der Waals surface area (Å²) in [6.45, 7) is 7.72. The lowest BCUT2D eigenvalue weighted by Crippen LogP contribution is -2.38. The average molecular weight is 210 g/mol. The van der Waals surface area contributed by atoms with E-state index in [4.69, 9.17) is 4.42 Å². The van der Waals surface area contributed by atoms with Gasteiger partial charge in [0.2, 0.25) is 5.91 Å². The Bertz CT molecular complexity index is 333. The number of nitrogens with zero attached hydrogens (tertiary/aromatic N) is 2. The molecule has 1 rings (SSSR count). The molecule has 1 heterocycles. The molecular weight excluding hydrogens is 192 g/mol. The smallest absolute Gasteiger partial charge is 0.304 e. The van der Waals surface area contributed by atoms with E-state index >= 15 is 0 Å². The van der Waals surface area contributed by atoms with Gasteiger partial charge in [0.05, 0.1) is 5.69 Å². The highest BCUT2D eigenvalue weighted by Gasteiger charge is 2.23. The maximum atomic E-state index is 11.7. The van der Waals surface area contributed by atoms with Crippen LogP contribution < -0.4 is 4.90 Å². The number of carbonyl (C=O) groups excluding carboxylic acids is 1. The van der Waals surface area contributed by atoms with Crippen LogP contribution in [-0.4, -0.2) is 16.9 Å². The molecule has 0 spiro atoms. The largest absolute Gasteiger partial charge is 0.431 e. The summed E-state index contributed by atoms with van der Waals surface area (Å²) < 4.78 is 5.27. The van der Waals surface area contributed by atoms with Gasteiger partial charge in [-0.1, -0.05) is 13.8 Å². The van der Waals surface area contributed by atoms with Crippen molar-refractivity contribution >= 4 is 11.9 Å². The molecule has 0 aliphatic rings. The predicted molar refractivity (Wildman–Crippen MR) is 58.8 cm³/mol. The molecule has 84 valence electrons. The van der Waals surface area contributed by atoms with Crippen LogP contribution in [0, 0.1) is 6.92 Å². The molecule has 0 radical (unpaired) electrons. The Morgan fingerprint density at radius 2 is 2.27 bits per heavy atom. The van der Waals surface area contributed by atoms with Crippen molar-refractivity contribution in [3.8, 4) is 0 Å². The second kappa shape index (κ2) is 4.96. The summed E-state index contributed by atoms with van der Waals surface area (Å²) in [5.74, 6) is 0.0474. The van der Waals surface area contributed by atoms with Crippen molar-refractivity contribution in [2.75, 3.05) is 4.90 Å². The number of hydrogen-bond acceptors (Lipinski definition) is 3. The van der Waals surface area contributed by atoms with Gasteiger partial charge < -0.3 is 4.42 Å². The zero-order valence-electron chi connectivity index (χ0n) is 9.78. The minimum absolute atomic E-state index is 0.0474. The molecule has 1 aromatic heterocycles. The fraction of sp³-hybridized carbons (Fsp3) is 0.636. The number of anilines is 1. The zero-order chi connectivity index (χ0) is 11.4. The molecule has 1 unspecified atom stereocenters. The van der Waals surface area contributed by atoms with Crippen LogP contribution in [0.1, 0.15) is 39.3 Å². The highest BCUT2D eigenvalue weighted by Crippen LogP contribution is 2.18. The van der Waals surface area contributed by atoms with Crippen LogP contribution in [0.25, 0.3) is 0 Å². The third-order valence-electron chi connectivity index (χ3n) is 2.42. The van der Waals surface area contributed by atoms with Gasteiger partial charge in [0.15, 0.2) is 0 Å². The average Bonchev–Trinajstić information content (AvgIpc) is 2.64. The van der Waals surface area contributed by atoms with Crippen LogP contribution >= 0.6 is 0 Å². The van der Waals surface area contributed by atoms with E-state index in [0.29, 0.717) is 12.4 Å². The fourth-order valence-corrected chi connectivity index (χ4v) is 1.35. The zero-order valence-corrected chi connectivity index (χ0v) is 9.78. The quantitative estimate of drug-likeness (QED) is 0.767. The van der Waals surface area contributed by atoms with E-state index in [0.717, 1.165) is 12.1 Å². The van der Waals surface area contributed by atoms with E-state index < -0.39 is 0 Å². The molecule has 1 atom stereocenters. The monoisotopic (exact) mass is 210 g/mol. The molecule has 0 saturated heterocycles. The number of carbonyl (C=O) groups is 1. The van der Waals surface area contributed by atoms with E-state index in [9.17, 15) is 4.79 Å². The summed E-state index contributed by atoms with van der Waals surface area (Å²) in [5, 5.41) is 0. The Balaban J connectivity index is 2.95. The topological polar surface area (TPSA) is 46.3 Å². The third kappa shape index (κ3) is 2.58. The molecule has 1 amide bonds. The van der Waals surface area contributed by atoms with E-state index in [1.165, 1.54) is 0 Å². The van der Waals surface area contributed by atoms with Crippen LogP contribution in [0.5, 0.6) is 0 Å². The first-order chi connectivity index (χ1) is 7.10. The highest BCUT2D eigenvalue weighted by molar-refractivity contribution is 5.91. The van der Waals surface area contributed by atoms with Crippen molar-refractivity contribution in [1.82, 2.24) is 4.98 Å². The molecular formula is C11H18N2O2. The summed E-state index contributed by atoms with van der Waals surface area (Å²) in [6.07, 6.45) is 2.91. The van der Waals surface area contributed by atoms with Gasteiger partial charge >= 0.3 is 6.01 Å². The lowest BCUT2D eigenvalue weighted by Gasteiger charge is -2.24. The van der Waals surface area contributed by atoms with E-state index in [2.05, 4.69) is 4.98 Å². The predicted octanol–water partition coefficient (Wildman–Crippen LogP) is 2.52. The van der Waals surface area contributed by atoms with Gasteiger partial charge in [-0.3, -0.25) is 9.69 Å². The Kier molecular flexibility index (Phi) is 3.88. The Hall–Kier alpha value is -1.32. The molecule has 15 heavy (non-hydrogen) atoms. The number of aromatic nitrogens is 1. The van der Waals surface area contributed by atoms with Crippen LogP contribution in [0.15, 0.2) is 10.7 Å². The van der Waals surface area contributed by atoms with Crippen LogP contribution in [-0.2, 0) is 4.79 Å². The van der Waals surface area contributed by atoms with E-state index in [1.807, 2.05) is 27.7 Å². The fourth-order valence-electron chi connectivity index (χ4n) is 1.35. The van der Waals surface area contributed by atoms with Gasteiger partial charge in [0.25, 0.3) is 0 Å². The molecule has 4 heteroatoms. The van der Waals surface area contributed by atoms with E-state index in [1.54, 1.807) is 11.2 Å². The number of hydrogen-bond donors (Lipinski definition) is 0. The SMILES string of the molecule is CCC(=O)N(c1nc(C)co1)C(C)CC. The Labute approximate surface area is 90.3 Å². The molecule has 0 N–H and O–H groups in total. The number of amides is 1. The highest BCUT2D eigenvalue weighted by atomic mass is 16.4. The molecule has 0 aliphatic heterocycles. The summed E-state index contributed by atoms with van der Waals surface area (Å²) in [4.78, 5) is 17.6. The first-order valence-electron chi connectivity index (χ1n) is 5.34. The number of oxazole rings is 1. The van der Waals surface area contributed by atoms with Crippen molar-refractivity contribution in [1.29, 1.82) is 0 Å². The van der Waals surface area contributed by atoms with Gasteiger partial charge in [0, 0.05) is 12.5 Å². The van der Waals surface area contributed by atoms with Gasteiger partial charge in [-0.05, 0) is 20.3 Å². The molecule has 4 nitrogen and oxygen atoms in total. The first kappa shape index (κ1) is 11.8. The van der Waals surface area contributed by atoms with Crippen molar-refractivity contribution in [3.63, 3.8) is 0 Å². The minimum atomic E-state index is 0.0474. The van der Waals surface area contributed by atoms with Crippen LogP contribution in [0.4, 0.5) is 6.01 Å². The lowest BCUT2D eigenvalue weighted by molar-refractivity contribution is -0.119.